The number of nitrogens with zero attached hydrogens (tertiary/aromatic N) is 7. The van der Waals surface area contributed by atoms with Crippen LogP contribution in [0.25, 0.3) is 11.2 Å². The second kappa shape index (κ2) is 35.1. The molecule has 452 valence electrons. The van der Waals surface area contributed by atoms with Gasteiger partial charge in [-0.15, -0.1) is 0 Å². The van der Waals surface area contributed by atoms with Crippen LogP contribution in [0.1, 0.15) is 98.0 Å². The number of rotatable bonds is 37. The number of imidazole rings is 1. The number of nitrogen functional groups attached to an aromatic ring is 1. The lowest BCUT2D eigenvalue weighted by atomic mass is 9.97. The van der Waals surface area contributed by atoms with Crippen LogP contribution < -0.4 is 71.6 Å². The molecule has 30 nitrogen and oxygen atoms in total. The van der Waals surface area contributed by atoms with Crippen molar-refractivity contribution in [1.29, 1.82) is 0 Å². The standard InChI is InChI=1S/C52H84N20O10/c1-6-31(4)41(50(81)82)70-49(80)37(24-30(2)3)69-47(78)34(16-10-11-20-59-39(74)26-71(23-19-53)40(75)27-72-29-64-42-43(54)62-28-63-44(42)72)66-45(76)35(17-12-21-60-51(55)56)67-46(77)36(18-13-22-61-52(57)58)68-48(79)38(65-32(5)73)25-33-14-8-7-9-15-33/h7-9,14-15,28-31,34-38,41H,6,10-13,16-27,53H2,1-5H3,(H,59,74)(H,65,73)(H,66,76)(H,67,77)(H,68,79)(H,69,78)(H,70,80)(H,81,82)(H2,54,62,63)(H4,55,56,60)(H4,57,58,61)/t31-,34-,35-,36-,37-,38-,41-/m0/s1. The minimum absolute atomic E-state index is 0.0268. The number of benzene rings is 1. The number of carbonyl (C=O) groups is 9. The van der Waals surface area contributed by atoms with Gasteiger partial charge in [0.2, 0.25) is 47.3 Å². The number of amides is 8. The van der Waals surface area contributed by atoms with Crippen LogP contribution in [-0.4, -0.2) is 170 Å². The number of hydrogen-bond acceptors (Lipinski definition) is 16. The minimum atomic E-state index is -1.40. The van der Waals surface area contributed by atoms with Crippen LogP contribution in [0.5, 0.6) is 0 Å². The number of nitrogens with two attached hydrogens (primary N) is 6. The van der Waals surface area contributed by atoms with Crippen LogP contribution in [0.4, 0.5) is 5.82 Å². The number of hydrogen-bond donors (Lipinski definition) is 14. The van der Waals surface area contributed by atoms with E-state index < -0.39 is 95.4 Å². The lowest BCUT2D eigenvalue weighted by Crippen LogP contribution is -2.60. The van der Waals surface area contributed by atoms with Gasteiger partial charge < -0.3 is 86.2 Å². The summed E-state index contributed by atoms with van der Waals surface area (Å²) in [7, 11) is 0. The molecule has 8 amide bonds. The Morgan fingerprint density at radius 2 is 1.23 bits per heavy atom. The minimum Gasteiger partial charge on any atom is -0.480 e. The number of anilines is 1. The molecule has 0 unspecified atom stereocenters. The molecule has 2 heterocycles. The molecular weight excluding hydrogens is 1060 g/mol. The average Bonchev–Trinajstić information content (AvgIpc) is 4.02. The van der Waals surface area contributed by atoms with E-state index in [0.29, 0.717) is 17.6 Å². The number of aliphatic carboxylic acids is 1. The summed E-state index contributed by atoms with van der Waals surface area (Å²) in [5.41, 5.74) is 35.3. The number of unbranched alkanes of at least 4 members (excludes halogenated alkanes) is 1. The van der Waals surface area contributed by atoms with Crippen LogP contribution in [-0.2, 0) is 56.1 Å². The predicted octanol–water partition coefficient (Wildman–Crippen LogP) is -3.06. The Hall–Kier alpha value is -8.70. The van der Waals surface area contributed by atoms with E-state index in [2.05, 4.69) is 62.2 Å². The SMILES string of the molecule is CC[C@H](C)[C@H](NC(=O)[C@H](CC(C)C)NC(=O)[C@H](CCCCNC(=O)CN(CCN)C(=O)Cn1cnc2c(N)ncnc21)NC(=O)[C@H](CCCN=C(N)N)NC(=O)[C@H](CCCN=C(N)N)NC(=O)[C@H](Cc1ccccc1)NC(C)=O)C(=O)O. The lowest BCUT2D eigenvalue weighted by Gasteiger charge is -2.28. The molecular formula is C52H84N20O10. The molecule has 0 bridgehead atoms. The van der Waals surface area contributed by atoms with Crippen molar-refractivity contribution in [1.82, 2.24) is 61.6 Å². The molecule has 0 radical (unpaired) electrons. The summed E-state index contributed by atoms with van der Waals surface area (Å²) in [6.45, 7) is 7.99. The molecule has 7 atom stereocenters. The molecule has 1 aromatic carbocycles. The van der Waals surface area contributed by atoms with Gasteiger partial charge in [0.05, 0.1) is 12.9 Å². The lowest BCUT2D eigenvalue weighted by molar-refractivity contribution is -0.144. The average molecular weight is 1150 g/mol. The molecule has 0 fully saturated rings. The Morgan fingerprint density at radius 1 is 0.695 bits per heavy atom. The van der Waals surface area contributed by atoms with Crippen molar-refractivity contribution in [3.8, 4) is 0 Å². The van der Waals surface area contributed by atoms with Crippen LogP contribution in [0.15, 0.2) is 53.0 Å². The molecule has 30 heteroatoms. The predicted molar refractivity (Wildman–Crippen MR) is 306 cm³/mol. The molecule has 0 saturated carbocycles. The summed E-state index contributed by atoms with van der Waals surface area (Å²) in [4.78, 5) is 144. The highest BCUT2D eigenvalue weighted by atomic mass is 16.4. The zero-order valence-electron chi connectivity index (χ0n) is 47.4. The largest absolute Gasteiger partial charge is 0.480 e. The maximum Gasteiger partial charge on any atom is 0.326 e. The highest BCUT2D eigenvalue weighted by Gasteiger charge is 2.34. The van der Waals surface area contributed by atoms with E-state index in [1.54, 1.807) is 58.0 Å². The van der Waals surface area contributed by atoms with Crippen molar-refractivity contribution in [2.24, 2.45) is 50.5 Å². The van der Waals surface area contributed by atoms with E-state index in [-0.39, 0.29) is 127 Å². The molecule has 0 saturated heterocycles. The Morgan fingerprint density at radius 3 is 1.74 bits per heavy atom. The zero-order chi connectivity index (χ0) is 60.9. The normalized spacial score (nSPS) is 13.6. The second-order valence-electron chi connectivity index (χ2n) is 20.2. The highest BCUT2D eigenvalue weighted by molar-refractivity contribution is 5.97. The van der Waals surface area contributed by atoms with Crippen molar-refractivity contribution in [2.45, 2.75) is 142 Å². The molecule has 0 aliphatic carbocycles. The van der Waals surface area contributed by atoms with Crippen LogP contribution >= 0.6 is 0 Å². The Kier molecular flexibility index (Phi) is 28.9. The van der Waals surface area contributed by atoms with Gasteiger partial charge in [-0.05, 0) is 68.8 Å². The van der Waals surface area contributed by atoms with Gasteiger partial charge in [-0.1, -0.05) is 64.4 Å². The van der Waals surface area contributed by atoms with Gasteiger partial charge in [0.15, 0.2) is 23.4 Å². The Labute approximate surface area is 476 Å². The number of nitrogens with one attached hydrogen (secondary N) is 7. The molecule has 20 N–H and O–H groups in total. The first-order chi connectivity index (χ1) is 38.9. The third-order valence-corrected chi connectivity index (χ3v) is 12.9. The topological polar surface area (TPSA) is 486 Å². The third-order valence-electron chi connectivity index (χ3n) is 12.9. The van der Waals surface area contributed by atoms with Gasteiger partial charge in [0.1, 0.15) is 54.6 Å². The van der Waals surface area contributed by atoms with Crippen molar-refractivity contribution >= 4 is 82.1 Å². The molecule has 2 aromatic heterocycles. The first-order valence-electron chi connectivity index (χ1n) is 27.3. The number of aliphatic imine (C=N–C) groups is 2. The van der Waals surface area contributed by atoms with E-state index in [1.807, 2.05) is 0 Å². The van der Waals surface area contributed by atoms with E-state index in [4.69, 9.17) is 34.4 Å². The van der Waals surface area contributed by atoms with E-state index in [1.165, 1.54) is 29.0 Å². The molecule has 0 spiro atoms. The monoisotopic (exact) mass is 1150 g/mol. The van der Waals surface area contributed by atoms with Gasteiger partial charge >= 0.3 is 5.97 Å². The van der Waals surface area contributed by atoms with Crippen LogP contribution in [0.2, 0.25) is 0 Å². The number of fused-ring (bicyclic) bond motifs is 1. The zero-order valence-corrected chi connectivity index (χ0v) is 47.4. The number of carboxylic acid groups (broad SMARTS) is 1. The number of guanidine groups is 2. The fourth-order valence-electron chi connectivity index (χ4n) is 8.49. The summed E-state index contributed by atoms with van der Waals surface area (Å²) < 4.78 is 1.47. The van der Waals surface area contributed by atoms with Crippen molar-refractivity contribution in [3.63, 3.8) is 0 Å². The molecule has 82 heavy (non-hydrogen) atoms. The number of carbonyl (C=O) groups excluding carboxylic acids is 8. The fraction of sp³-hybridized carbons (Fsp3) is 0.577. The van der Waals surface area contributed by atoms with Gasteiger partial charge in [-0.3, -0.25) is 48.3 Å². The summed E-state index contributed by atoms with van der Waals surface area (Å²) in [5, 5.41) is 28.8. The maximum atomic E-state index is 14.6. The molecule has 0 aliphatic rings. The second-order valence-corrected chi connectivity index (χ2v) is 20.2. The first kappa shape index (κ1) is 67.6. The molecule has 3 rings (SSSR count). The first-order valence-corrected chi connectivity index (χ1v) is 27.3. The Bertz CT molecular complexity index is 2660. The van der Waals surface area contributed by atoms with Crippen molar-refractivity contribution in [3.05, 3.63) is 48.5 Å². The van der Waals surface area contributed by atoms with Crippen LogP contribution in [0.3, 0.4) is 0 Å². The van der Waals surface area contributed by atoms with E-state index >= 15 is 0 Å². The Balaban J connectivity index is 1.92. The third kappa shape index (κ3) is 23.9. The van der Waals surface area contributed by atoms with Gasteiger partial charge in [0, 0.05) is 46.1 Å². The van der Waals surface area contributed by atoms with Gasteiger partial charge in [-0.2, -0.15) is 0 Å². The summed E-state index contributed by atoms with van der Waals surface area (Å²) >= 11 is 0. The molecule has 0 aliphatic heterocycles. The fourth-order valence-corrected chi connectivity index (χ4v) is 8.49. The maximum absolute atomic E-state index is 14.6. The number of carboxylic acids is 1. The molecule has 3 aromatic rings. The van der Waals surface area contributed by atoms with E-state index in [0.717, 1.165) is 5.56 Å². The van der Waals surface area contributed by atoms with Gasteiger partial charge in [0.25, 0.3) is 0 Å². The summed E-state index contributed by atoms with van der Waals surface area (Å²) in [6, 6.07) is 1.12. The van der Waals surface area contributed by atoms with Gasteiger partial charge in [-0.25, -0.2) is 19.7 Å². The summed E-state index contributed by atoms with van der Waals surface area (Å²) in [6.07, 6.45) is 3.73. The summed E-state index contributed by atoms with van der Waals surface area (Å²) in [5.74, 6) is -7.63. The quantitative estimate of drug-likeness (QED) is 0.0155. The smallest absolute Gasteiger partial charge is 0.326 e. The van der Waals surface area contributed by atoms with Crippen molar-refractivity contribution < 1.29 is 48.3 Å². The highest BCUT2D eigenvalue weighted by Crippen LogP contribution is 2.16. The van der Waals surface area contributed by atoms with E-state index in [9.17, 15) is 48.3 Å². The van der Waals surface area contributed by atoms with Crippen molar-refractivity contribution in [2.75, 3.05) is 45.0 Å². The number of aromatic nitrogens is 4. The van der Waals surface area contributed by atoms with Crippen LogP contribution in [0, 0.1) is 11.8 Å².